The number of ketones is 3. The van der Waals surface area contributed by atoms with E-state index in [-0.39, 0.29) is 62.3 Å². The smallest absolute Gasteiger partial charge is 0.419 e. The number of nitrogens with zero attached hydrogens (tertiary/aromatic N) is 5. The van der Waals surface area contributed by atoms with Gasteiger partial charge in [-0.2, -0.15) is 21.0 Å². The molecule has 4 heterocycles. The zero-order chi connectivity index (χ0) is 39.0. The molecule has 264 valence electrons. The van der Waals surface area contributed by atoms with Gasteiger partial charge in [-0.1, -0.05) is 30.3 Å². The van der Waals surface area contributed by atoms with E-state index in [0.717, 1.165) is 19.7 Å². The molecule has 3 aromatic carbocycles. The summed E-state index contributed by atoms with van der Waals surface area (Å²) in [6.45, 7) is -0.00289. The number of hydrogen-bond acceptors (Lipinski definition) is 13. The number of hydrogen-bond donors (Lipinski definition) is 1. The van der Waals surface area contributed by atoms with Gasteiger partial charge >= 0.3 is 6.09 Å². The molecule has 0 spiro atoms. The molecule has 0 radical (unpaired) electrons. The molecule has 0 aliphatic heterocycles. The molecular weight excluding hydrogens is 767 g/mol. The highest BCUT2D eigenvalue weighted by atomic mass is 32.1. The summed E-state index contributed by atoms with van der Waals surface area (Å²) in [4.78, 5) is 55.4. The van der Waals surface area contributed by atoms with Gasteiger partial charge in [0.15, 0.2) is 17.3 Å². The SMILES string of the molecule is N#Cc1cc2c(cc1C#N)C(=O)C(=Cc1cc3sc4c5sc(/C=C6\C(=O)c7cc(C#N)c(C#N)cc7C6O)cc5n(C(=O)OCc5ccccc5)c4c3s1)C2=O. The Kier molecular flexibility index (Phi) is 7.96. The fourth-order valence-electron chi connectivity index (χ4n) is 7.01. The minimum Gasteiger partial charge on any atom is -0.444 e. The second-order valence-corrected chi connectivity index (χ2v) is 16.0. The molecule has 11 nitrogen and oxygen atoms in total. The van der Waals surface area contributed by atoms with E-state index in [1.165, 1.54) is 68.9 Å². The van der Waals surface area contributed by atoms with Gasteiger partial charge in [0.25, 0.3) is 0 Å². The lowest BCUT2D eigenvalue weighted by Gasteiger charge is -2.07. The third kappa shape index (κ3) is 5.14. The second kappa shape index (κ2) is 12.9. The normalized spacial score (nSPS) is 15.2. The Morgan fingerprint density at radius 1 is 0.714 bits per heavy atom. The minimum absolute atomic E-state index is 0.00289. The van der Waals surface area contributed by atoms with Gasteiger partial charge in [0, 0.05) is 36.7 Å². The zero-order valence-electron chi connectivity index (χ0n) is 28.2. The number of carbonyl (C=O) groups is 4. The van der Waals surface area contributed by atoms with Crippen molar-refractivity contribution >= 4 is 99.4 Å². The van der Waals surface area contributed by atoms with Crippen molar-refractivity contribution in [2.24, 2.45) is 0 Å². The van der Waals surface area contributed by atoms with Crippen LogP contribution >= 0.6 is 34.0 Å². The second-order valence-electron chi connectivity index (χ2n) is 12.8. The topological polar surface area (TPSA) is 198 Å². The maximum absolute atomic E-state index is 14.0. The zero-order valence-corrected chi connectivity index (χ0v) is 30.7. The highest BCUT2D eigenvalue weighted by molar-refractivity contribution is 7.36. The largest absolute Gasteiger partial charge is 0.444 e. The van der Waals surface area contributed by atoms with Gasteiger partial charge in [-0.15, -0.1) is 34.0 Å². The van der Waals surface area contributed by atoms with E-state index in [0.29, 0.717) is 25.5 Å². The van der Waals surface area contributed by atoms with Crippen LogP contribution in [-0.2, 0) is 11.3 Å². The van der Waals surface area contributed by atoms with E-state index >= 15 is 0 Å². The van der Waals surface area contributed by atoms with Crippen LogP contribution in [0.4, 0.5) is 4.79 Å². The lowest BCUT2D eigenvalue weighted by Crippen LogP contribution is -2.13. The fraction of sp³-hybridized carbons (Fsp3) is 0.0476. The van der Waals surface area contributed by atoms with E-state index in [1.807, 2.05) is 60.7 Å². The molecule has 2 aliphatic rings. The van der Waals surface area contributed by atoms with E-state index < -0.39 is 29.5 Å². The average Bonchev–Trinajstić information content (AvgIpc) is 4.03. The molecule has 1 unspecified atom stereocenters. The van der Waals surface area contributed by atoms with E-state index in [1.54, 1.807) is 12.1 Å². The Labute approximate surface area is 327 Å². The van der Waals surface area contributed by atoms with Crippen LogP contribution in [0.15, 0.2) is 77.9 Å². The van der Waals surface area contributed by atoms with Crippen LogP contribution in [0.25, 0.3) is 42.0 Å². The minimum atomic E-state index is -1.33. The van der Waals surface area contributed by atoms with Crippen molar-refractivity contribution in [3.63, 3.8) is 0 Å². The Morgan fingerprint density at radius 3 is 1.95 bits per heavy atom. The molecule has 1 N–H and O–H groups in total. The standard InChI is InChI=1S/C42H17N5O6S3/c43-14-20-6-26-27(7-21(20)15-44)36(49)30(35(26)48)10-24-12-32-39(54-24)41-34(47(32)42(52)53-18-19-4-2-1-3-5-19)40-33(56-41)13-25(55-40)11-31-37(50)28-8-22(16-45)23(17-46)9-29(28)38(31)51/h1-13,35,48H,18H2/b30-10-. The molecule has 56 heavy (non-hydrogen) atoms. The van der Waals surface area contributed by atoms with Crippen LogP contribution in [0.2, 0.25) is 0 Å². The van der Waals surface area contributed by atoms with Crippen molar-refractivity contribution in [2.45, 2.75) is 12.7 Å². The van der Waals surface area contributed by atoms with Gasteiger partial charge in [0.1, 0.15) is 37.0 Å². The number of aliphatic hydroxyl groups is 1. The third-order valence-corrected chi connectivity index (χ3v) is 13.2. The van der Waals surface area contributed by atoms with Crippen molar-refractivity contribution in [2.75, 3.05) is 0 Å². The molecule has 0 saturated heterocycles. The molecule has 2 aliphatic carbocycles. The number of Topliss-reactive ketones (excluding diaryl/α,β-unsaturated/α-hetero) is 3. The Hall–Kier alpha value is -7.30. The monoisotopic (exact) mass is 783 g/mol. The molecule has 0 fully saturated rings. The van der Waals surface area contributed by atoms with Gasteiger partial charge in [-0.05, 0) is 59.7 Å². The number of carbonyl (C=O) groups excluding carboxylic acids is 4. The number of thiophene rings is 3. The van der Waals surface area contributed by atoms with Gasteiger partial charge in [-0.25, -0.2) is 9.36 Å². The van der Waals surface area contributed by atoms with Gasteiger partial charge in [-0.3, -0.25) is 14.4 Å². The molecule has 0 amide bonds. The summed E-state index contributed by atoms with van der Waals surface area (Å²) in [6, 6.07) is 25.6. The maximum Gasteiger partial charge on any atom is 0.419 e. The average molecular weight is 784 g/mol. The van der Waals surface area contributed by atoms with E-state index in [4.69, 9.17) is 4.74 Å². The number of aromatic nitrogens is 1. The number of rotatable bonds is 4. The number of nitriles is 4. The first-order valence-corrected chi connectivity index (χ1v) is 19.0. The summed E-state index contributed by atoms with van der Waals surface area (Å²) in [5.41, 5.74) is 2.43. The number of allylic oxidation sites excluding steroid dienone is 1. The molecular formula is C42H17N5O6S3. The molecule has 1 atom stereocenters. The van der Waals surface area contributed by atoms with Crippen LogP contribution < -0.4 is 0 Å². The van der Waals surface area contributed by atoms with Crippen molar-refractivity contribution in [1.82, 2.24) is 4.57 Å². The number of ether oxygens (including phenoxy) is 1. The maximum atomic E-state index is 14.0. The number of fused-ring (bicyclic) bond motifs is 7. The Bertz CT molecular complexity index is 3180. The number of aliphatic hydroxyl groups excluding tert-OH is 1. The summed E-state index contributed by atoms with van der Waals surface area (Å²) in [5.74, 6) is -1.57. The summed E-state index contributed by atoms with van der Waals surface area (Å²) in [6.07, 6.45) is 1.05. The summed E-state index contributed by atoms with van der Waals surface area (Å²) in [5, 5.41) is 49.0. The highest BCUT2D eigenvalue weighted by Crippen LogP contribution is 2.48. The molecule has 14 heteroatoms. The van der Waals surface area contributed by atoms with Crippen LogP contribution in [0.3, 0.4) is 0 Å². The third-order valence-electron chi connectivity index (χ3n) is 9.64. The number of benzene rings is 3. The van der Waals surface area contributed by atoms with Crippen molar-refractivity contribution in [1.29, 1.82) is 21.0 Å². The predicted molar refractivity (Wildman–Crippen MR) is 208 cm³/mol. The van der Waals surface area contributed by atoms with Crippen molar-refractivity contribution < 1.29 is 29.0 Å². The highest BCUT2D eigenvalue weighted by Gasteiger charge is 2.36. The fourth-order valence-corrected chi connectivity index (χ4v) is 10.8. The van der Waals surface area contributed by atoms with E-state index in [9.17, 15) is 45.3 Å². The van der Waals surface area contributed by atoms with Crippen molar-refractivity contribution in [3.05, 3.63) is 138 Å². The lowest BCUT2D eigenvalue weighted by molar-refractivity contribution is 0.0986. The van der Waals surface area contributed by atoms with Gasteiger partial charge < -0.3 is 9.84 Å². The van der Waals surface area contributed by atoms with Crippen LogP contribution in [0, 0.1) is 45.3 Å². The first-order chi connectivity index (χ1) is 27.1. The predicted octanol–water partition coefficient (Wildman–Crippen LogP) is 8.58. The van der Waals surface area contributed by atoms with Crippen LogP contribution in [0.1, 0.15) is 80.3 Å². The summed E-state index contributed by atoms with van der Waals surface area (Å²) >= 11 is 3.99. The van der Waals surface area contributed by atoms with E-state index in [2.05, 4.69) is 0 Å². The molecule has 0 bridgehead atoms. The quantitative estimate of drug-likeness (QED) is 0.133. The lowest BCUT2D eigenvalue weighted by atomic mass is 10.0. The summed E-state index contributed by atoms with van der Waals surface area (Å²) in [7, 11) is 0. The molecule has 0 saturated carbocycles. The van der Waals surface area contributed by atoms with Crippen LogP contribution in [-0.4, -0.2) is 33.1 Å². The van der Waals surface area contributed by atoms with Crippen LogP contribution in [0.5, 0.6) is 0 Å². The first-order valence-electron chi connectivity index (χ1n) is 16.6. The molecule has 4 aromatic heterocycles. The Balaban J connectivity index is 1.14. The Morgan fingerprint density at radius 2 is 1.30 bits per heavy atom. The first kappa shape index (κ1) is 34.5. The molecule has 7 aromatic rings. The van der Waals surface area contributed by atoms with Crippen molar-refractivity contribution in [3.8, 4) is 24.3 Å². The molecule has 9 rings (SSSR count). The van der Waals surface area contributed by atoms with Gasteiger partial charge in [0.2, 0.25) is 0 Å². The summed E-state index contributed by atoms with van der Waals surface area (Å²) < 4.78 is 10.3. The van der Waals surface area contributed by atoms with Gasteiger partial charge in [0.05, 0.1) is 53.0 Å².